The highest BCUT2D eigenvalue weighted by Gasteiger charge is 2.36. The molecular formula is C24H35ClN2O3. The Morgan fingerprint density at radius 3 is 2.40 bits per heavy atom. The van der Waals surface area contributed by atoms with Crippen molar-refractivity contribution in [1.29, 1.82) is 0 Å². The van der Waals surface area contributed by atoms with Crippen molar-refractivity contribution in [2.75, 3.05) is 26.7 Å². The van der Waals surface area contributed by atoms with Crippen LogP contribution < -0.4 is 4.74 Å². The van der Waals surface area contributed by atoms with Gasteiger partial charge in [0.05, 0.1) is 12.7 Å². The largest absolute Gasteiger partial charge is 0.496 e. The summed E-state index contributed by atoms with van der Waals surface area (Å²) in [6, 6.07) is 5.43. The minimum atomic E-state index is -0.0797. The fraction of sp³-hybridized carbons (Fsp3) is 0.667. The van der Waals surface area contributed by atoms with Gasteiger partial charge >= 0.3 is 0 Å². The lowest BCUT2D eigenvalue weighted by Gasteiger charge is -2.38. The summed E-state index contributed by atoms with van der Waals surface area (Å²) in [6.07, 6.45) is 4.80. The predicted octanol–water partition coefficient (Wildman–Crippen LogP) is 4.87. The van der Waals surface area contributed by atoms with Crippen LogP contribution in [-0.4, -0.2) is 54.4 Å². The highest BCUT2D eigenvalue weighted by Crippen LogP contribution is 2.31. The molecule has 2 fully saturated rings. The van der Waals surface area contributed by atoms with Crippen molar-refractivity contribution in [2.45, 2.75) is 58.9 Å². The van der Waals surface area contributed by atoms with Crippen molar-refractivity contribution in [1.82, 2.24) is 9.80 Å². The average molecular weight is 435 g/mol. The van der Waals surface area contributed by atoms with Gasteiger partial charge < -0.3 is 14.5 Å². The third-order valence-electron chi connectivity index (χ3n) is 6.79. The van der Waals surface area contributed by atoms with Crippen molar-refractivity contribution in [3.8, 4) is 5.75 Å². The van der Waals surface area contributed by atoms with E-state index in [9.17, 15) is 9.59 Å². The fourth-order valence-electron chi connectivity index (χ4n) is 4.83. The van der Waals surface area contributed by atoms with E-state index >= 15 is 0 Å². The number of hydrogen-bond donors (Lipinski definition) is 0. The lowest BCUT2D eigenvalue weighted by molar-refractivity contribution is -0.140. The van der Waals surface area contributed by atoms with Crippen LogP contribution >= 0.6 is 11.6 Å². The number of likely N-dealkylation sites (tertiary alicyclic amines) is 2. The Morgan fingerprint density at radius 2 is 1.77 bits per heavy atom. The van der Waals surface area contributed by atoms with Gasteiger partial charge in [-0.3, -0.25) is 9.59 Å². The molecule has 3 rings (SSSR count). The van der Waals surface area contributed by atoms with Crippen LogP contribution in [-0.2, 0) is 4.79 Å². The Kier molecular flexibility index (Phi) is 7.67. The number of amides is 2. The van der Waals surface area contributed by atoms with E-state index in [1.165, 1.54) is 6.42 Å². The first-order valence-corrected chi connectivity index (χ1v) is 11.6. The van der Waals surface area contributed by atoms with Gasteiger partial charge in [-0.1, -0.05) is 32.4 Å². The second kappa shape index (κ2) is 10.0. The maximum atomic E-state index is 13.4. The van der Waals surface area contributed by atoms with E-state index in [1.807, 2.05) is 4.90 Å². The number of hydrogen-bond acceptors (Lipinski definition) is 3. The zero-order valence-electron chi connectivity index (χ0n) is 18.7. The molecule has 0 N–H and O–H groups in total. The second-order valence-electron chi connectivity index (χ2n) is 9.23. The van der Waals surface area contributed by atoms with Gasteiger partial charge in [-0.05, 0) is 62.1 Å². The maximum Gasteiger partial charge on any atom is 0.257 e. The number of nitrogens with zero attached hydrogens (tertiary/aromatic N) is 2. The van der Waals surface area contributed by atoms with Crippen LogP contribution in [0.4, 0.5) is 0 Å². The summed E-state index contributed by atoms with van der Waals surface area (Å²) < 4.78 is 5.34. The van der Waals surface area contributed by atoms with E-state index < -0.39 is 0 Å². The summed E-state index contributed by atoms with van der Waals surface area (Å²) in [7, 11) is 1.55. The number of rotatable bonds is 4. The summed E-state index contributed by atoms with van der Waals surface area (Å²) in [5.41, 5.74) is 0.483. The Labute approximate surface area is 185 Å². The lowest BCUT2D eigenvalue weighted by atomic mass is 9.91. The molecule has 2 aliphatic heterocycles. The molecule has 0 radical (unpaired) electrons. The van der Waals surface area contributed by atoms with Crippen molar-refractivity contribution in [3.05, 3.63) is 28.8 Å². The Hall–Kier alpha value is -1.75. The summed E-state index contributed by atoms with van der Waals surface area (Å²) in [4.78, 5) is 30.4. The van der Waals surface area contributed by atoms with Crippen LogP contribution in [0.2, 0.25) is 5.02 Å². The number of methoxy groups -OCH3 is 1. The van der Waals surface area contributed by atoms with E-state index in [4.69, 9.17) is 16.3 Å². The number of ether oxygens (including phenoxy) is 1. The Morgan fingerprint density at radius 1 is 1.07 bits per heavy atom. The fourth-order valence-corrected chi connectivity index (χ4v) is 5.00. The molecule has 0 saturated carbocycles. The molecule has 2 aliphatic rings. The smallest absolute Gasteiger partial charge is 0.257 e. The topological polar surface area (TPSA) is 49.9 Å². The predicted molar refractivity (Wildman–Crippen MR) is 120 cm³/mol. The minimum Gasteiger partial charge on any atom is -0.496 e. The van der Waals surface area contributed by atoms with Gasteiger partial charge in [-0.2, -0.15) is 0 Å². The van der Waals surface area contributed by atoms with E-state index in [0.717, 1.165) is 19.4 Å². The SMILES string of the molecule is COc1ccc(Cl)cc1C(=O)N1CCC(C(=O)N2CCC(C)CCC2C(C)C)CC1. The standard InChI is InChI=1S/C24H35ClN2O3/c1-16(2)21-7-5-17(3)9-14-27(21)23(28)18-10-12-26(13-11-18)24(29)20-15-19(25)6-8-22(20)30-4/h6,8,15-18,21H,5,7,9-14H2,1-4H3. The third-order valence-corrected chi connectivity index (χ3v) is 7.03. The van der Waals surface area contributed by atoms with E-state index in [2.05, 4.69) is 25.7 Å². The van der Waals surface area contributed by atoms with Gasteiger partial charge in [0.25, 0.3) is 5.91 Å². The number of piperidine rings is 1. The first-order chi connectivity index (χ1) is 14.3. The van der Waals surface area contributed by atoms with Crippen molar-refractivity contribution in [2.24, 2.45) is 17.8 Å². The number of carbonyl (C=O) groups is 2. The van der Waals surface area contributed by atoms with E-state index in [0.29, 0.717) is 60.1 Å². The van der Waals surface area contributed by atoms with E-state index in [1.54, 1.807) is 25.3 Å². The third kappa shape index (κ3) is 5.11. The number of halogens is 1. The zero-order valence-corrected chi connectivity index (χ0v) is 19.5. The summed E-state index contributed by atoms with van der Waals surface area (Å²) in [6.45, 7) is 8.77. The van der Waals surface area contributed by atoms with Crippen LogP contribution in [0.25, 0.3) is 0 Å². The monoisotopic (exact) mass is 434 g/mol. The molecule has 2 saturated heterocycles. The molecule has 166 valence electrons. The van der Waals surface area contributed by atoms with Crippen molar-refractivity contribution < 1.29 is 14.3 Å². The van der Waals surface area contributed by atoms with E-state index in [-0.39, 0.29) is 17.7 Å². The molecule has 2 heterocycles. The molecule has 0 aromatic heterocycles. The Balaban J connectivity index is 1.65. The average Bonchev–Trinajstić information content (AvgIpc) is 2.94. The minimum absolute atomic E-state index is 0.00460. The molecule has 1 aromatic carbocycles. The Bertz CT molecular complexity index is 759. The molecule has 2 unspecified atom stereocenters. The van der Waals surface area contributed by atoms with Crippen molar-refractivity contribution >= 4 is 23.4 Å². The van der Waals surface area contributed by atoms with Crippen LogP contribution in [0.15, 0.2) is 18.2 Å². The highest BCUT2D eigenvalue weighted by atomic mass is 35.5. The zero-order chi connectivity index (χ0) is 21.8. The van der Waals surface area contributed by atoms with Crippen LogP contribution in [0, 0.1) is 17.8 Å². The van der Waals surface area contributed by atoms with Crippen LogP contribution in [0.5, 0.6) is 5.75 Å². The molecule has 1 aromatic rings. The van der Waals surface area contributed by atoms with Gasteiger partial charge in [0.2, 0.25) is 5.91 Å². The van der Waals surface area contributed by atoms with Gasteiger partial charge in [0, 0.05) is 36.6 Å². The highest BCUT2D eigenvalue weighted by molar-refractivity contribution is 6.31. The molecule has 5 nitrogen and oxygen atoms in total. The molecular weight excluding hydrogens is 400 g/mol. The number of carbonyl (C=O) groups excluding carboxylic acids is 2. The molecule has 2 amide bonds. The first-order valence-electron chi connectivity index (χ1n) is 11.2. The van der Waals surface area contributed by atoms with Gasteiger partial charge in [0.1, 0.15) is 5.75 Å². The van der Waals surface area contributed by atoms with Crippen LogP contribution in [0.3, 0.4) is 0 Å². The molecule has 0 spiro atoms. The summed E-state index contributed by atoms with van der Waals surface area (Å²) in [5, 5.41) is 0.513. The molecule has 0 bridgehead atoms. The molecule has 30 heavy (non-hydrogen) atoms. The second-order valence-corrected chi connectivity index (χ2v) is 9.66. The molecule has 2 atom stereocenters. The normalized spacial score (nSPS) is 23.4. The van der Waals surface area contributed by atoms with Crippen LogP contribution in [0.1, 0.15) is 63.2 Å². The maximum absolute atomic E-state index is 13.4. The quantitative estimate of drug-likeness (QED) is 0.678. The van der Waals surface area contributed by atoms with Gasteiger partial charge in [-0.15, -0.1) is 0 Å². The van der Waals surface area contributed by atoms with Gasteiger partial charge in [0.15, 0.2) is 0 Å². The summed E-state index contributed by atoms with van der Waals surface area (Å²) in [5.74, 6) is 1.89. The summed E-state index contributed by atoms with van der Waals surface area (Å²) >= 11 is 6.09. The molecule has 6 heteroatoms. The van der Waals surface area contributed by atoms with Crippen molar-refractivity contribution in [3.63, 3.8) is 0 Å². The lowest BCUT2D eigenvalue weighted by Crippen LogP contribution is -2.49. The number of benzene rings is 1. The molecule has 0 aliphatic carbocycles. The van der Waals surface area contributed by atoms with Gasteiger partial charge in [-0.25, -0.2) is 0 Å². The first kappa shape index (κ1) is 22.9.